The maximum Gasteiger partial charge on any atom is 0.255 e. The molecular formula is C17H20N2O3S. The van der Waals surface area contributed by atoms with Crippen LogP contribution < -0.4 is 5.32 Å². The summed E-state index contributed by atoms with van der Waals surface area (Å²) in [6.07, 6.45) is 0. The largest absolute Gasteiger partial charge is 0.322 e. The second kappa shape index (κ2) is 6.52. The zero-order chi connectivity index (χ0) is 17.2. The molecule has 0 saturated carbocycles. The highest BCUT2D eigenvalue weighted by atomic mass is 32.2. The first-order valence-electron chi connectivity index (χ1n) is 7.13. The summed E-state index contributed by atoms with van der Waals surface area (Å²) >= 11 is 0. The molecule has 2 aromatic carbocycles. The molecule has 0 unspecified atom stereocenters. The number of carbonyl (C=O) groups is 1. The third-order valence-corrected chi connectivity index (χ3v) is 5.55. The van der Waals surface area contributed by atoms with Crippen LogP contribution in [0.5, 0.6) is 0 Å². The predicted molar refractivity (Wildman–Crippen MR) is 91.2 cm³/mol. The van der Waals surface area contributed by atoms with Crippen molar-refractivity contribution in [3.8, 4) is 0 Å². The van der Waals surface area contributed by atoms with Crippen LogP contribution in [-0.2, 0) is 10.0 Å². The number of rotatable bonds is 4. The first-order valence-corrected chi connectivity index (χ1v) is 8.57. The average molecular weight is 332 g/mol. The van der Waals surface area contributed by atoms with E-state index in [0.717, 1.165) is 9.87 Å². The van der Waals surface area contributed by atoms with Crippen LogP contribution in [0.2, 0.25) is 0 Å². The molecule has 0 aliphatic heterocycles. The van der Waals surface area contributed by atoms with Crippen LogP contribution in [-0.4, -0.2) is 32.7 Å². The zero-order valence-corrected chi connectivity index (χ0v) is 14.4. The molecular weight excluding hydrogens is 312 g/mol. The van der Waals surface area contributed by atoms with Crippen LogP contribution in [0.4, 0.5) is 5.69 Å². The van der Waals surface area contributed by atoms with E-state index in [2.05, 4.69) is 5.32 Å². The van der Waals surface area contributed by atoms with Crippen molar-refractivity contribution in [2.24, 2.45) is 0 Å². The molecule has 23 heavy (non-hydrogen) atoms. The molecule has 122 valence electrons. The van der Waals surface area contributed by atoms with Crippen LogP contribution in [0.25, 0.3) is 0 Å². The van der Waals surface area contributed by atoms with Gasteiger partial charge in [0.2, 0.25) is 10.0 Å². The van der Waals surface area contributed by atoms with Gasteiger partial charge in [-0.05, 0) is 43.2 Å². The van der Waals surface area contributed by atoms with Crippen molar-refractivity contribution >= 4 is 21.6 Å². The third-order valence-electron chi connectivity index (χ3n) is 3.59. The average Bonchev–Trinajstić information content (AvgIpc) is 2.49. The smallest absolute Gasteiger partial charge is 0.255 e. The van der Waals surface area contributed by atoms with Crippen molar-refractivity contribution in [1.82, 2.24) is 4.31 Å². The molecule has 0 aliphatic carbocycles. The van der Waals surface area contributed by atoms with E-state index in [1.807, 2.05) is 19.1 Å². The summed E-state index contributed by atoms with van der Waals surface area (Å²) in [6.45, 7) is 3.58. The summed E-state index contributed by atoms with van der Waals surface area (Å²) in [4.78, 5) is 12.5. The Balaban J connectivity index is 2.36. The van der Waals surface area contributed by atoms with Crippen molar-refractivity contribution < 1.29 is 13.2 Å². The molecule has 0 aliphatic rings. The zero-order valence-electron chi connectivity index (χ0n) is 13.6. The van der Waals surface area contributed by atoms with Gasteiger partial charge in [-0.15, -0.1) is 0 Å². The summed E-state index contributed by atoms with van der Waals surface area (Å²) in [5, 5.41) is 2.76. The molecule has 0 aromatic heterocycles. The molecule has 0 bridgehead atoms. The SMILES string of the molecule is Cc1ccccc1C(=O)Nc1ccc(C)c(S(=O)(=O)N(C)C)c1. The highest BCUT2D eigenvalue weighted by Gasteiger charge is 2.20. The quantitative estimate of drug-likeness (QED) is 0.936. The standard InChI is InChI=1S/C17H20N2O3S/c1-12-7-5-6-8-15(12)17(20)18-14-10-9-13(2)16(11-14)23(21,22)19(3)4/h5-11H,1-4H3,(H,18,20). The normalized spacial score (nSPS) is 11.5. The van der Waals surface area contributed by atoms with Gasteiger partial charge in [0.05, 0.1) is 4.90 Å². The first kappa shape index (κ1) is 17.2. The molecule has 0 fully saturated rings. The van der Waals surface area contributed by atoms with Crippen molar-refractivity contribution in [1.29, 1.82) is 0 Å². The fraction of sp³-hybridized carbons (Fsp3) is 0.235. The number of hydrogen-bond acceptors (Lipinski definition) is 3. The molecule has 0 heterocycles. The topological polar surface area (TPSA) is 66.5 Å². The summed E-state index contributed by atoms with van der Waals surface area (Å²) < 4.78 is 25.8. The lowest BCUT2D eigenvalue weighted by Crippen LogP contribution is -2.23. The number of nitrogens with zero attached hydrogens (tertiary/aromatic N) is 1. The minimum Gasteiger partial charge on any atom is -0.322 e. The van der Waals surface area contributed by atoms with Gasteiger partial charge in [-0.2, -0.15) is 0 Å². The molecule has 1 amide bonds. The van der Waals surface area contributed by atoms with Crippen LogP contribution in [0.15, 0.2) is 47.4 Å². The lowest BCUT2D eigenvalue weighted by Gasteiger charge is -2.15. The second-order valence-corrected chi connectivity index (χ2v) is 7.66. The highest BCUT2D eigenvalue weighted by Crippen LogP contribution is 2.23. The van der Waals surface area contributed by atoms with Crippen molar-refractivity contribution in [3.05, 3.63) is 59.2 Å². The van der Waals surface area contributed by atoms with Gasteiger partial charge in [0.1, 0.15) is 0 Å². The Morgan fingerprint density at radius 1 is 1.00 bits per heavy atom. The summed E-state index contributed by atoms with van der Waals surface area (Å²) in [7, 11) is -0.598. The summed E-state index contributed by atoms with van der Waals surface area (Å²) in [6, 6.07) is 12.1. The summed E-state index contributed by atoms with van der Waals surface area (Å²) in [5.74, 6) is -0.264. The Labute approximate surface area is 137 Å². The maximum atomic E-state index is 12.3. The van der Waals surface area contributed by atoms with Crippen LogP contribution in [0.3, 0.4) is 0 Å². The van der Waals surface area contributed by atoms with Gasteiger partial charge in [-0.1, -0.05) is 24.3 Å². The van der Waals surface area contributed by atoms with Gasteiger partial charge in [0.25, 0.3) is 5.91 Å². The number of hydrogen-bond donors (Lipinski definition) is 1. The third kappa shape index (κ3) is 3.60. The lowest BCUT2D eigenvalue weighted by atomic mass is 10.1. The number of aryl methyl sites for hydroxylation is 2. The predicted octanol–water partition coefficient (Wildman–Crippen LogP) is 2.81. The monoisotopic (exact) mass is 332 g/mol. The van der Waals surface area contributed by atoms with Gasteiger partial charge in [0, 0.05) is 25.3 Å². The maximum absolute atomic E-state index is 12.3. The molecule has 1 N–H and O–H groups in total. The first-order chi connectivity index (χ1) is 10.7. The fourth-order valence-electron chi connectivity index (χ4n) is 2.18. The van der Waals surface area contributed by atoms with Gasteiger partial charge in [0.15, 0.2) is 0 Å². The molecule has 2 aromatic rings. The van der Waals surface area contributed by atoms with E-state index in [9.17, 15) is 13.2 Å². The lowest BCUT2D eigenvalue weighted by molar-refractivity contribution is 0.102. The van der Waals surface area contributed by atoms with Gasteiger partial charge in [-0.25, -0.2) is 12.7 Å². The van der Waals surface area contributed by atoms with E-state index >= 15 is 0 Å². The molecule has 2 rings (SSSR count). The Bertz CT molecular complexity index is 843. The van der Waals surface area contributed by atoms with Gasteiger partial charge in [-0.3, -0.25) is 4.79 Å². The fourth-order valence-corrected chi connectivity index (χ4v) is 3.32. The van der Waals surface area contributed by atoms with Crippen molar-refractivity contribution in [2.75, 3.05) is 19.4 Å². The number of nitrogens with one attached hydrogen (secondary N) is 1. The molecule has 6 heteroatoms. The second-order valence-electron chi connectivity index (χ2n) is 5.54. The van der Waals surface area contributed by atoms with E-state index in [-0.39, 0.29) is 10.8 Å². The molecule has 0 atom stereocenters. The van der Waals surface area contributed by atoms with Crippen molar-refractivity contribution in [2.45, 2.75) is 18.7 Å². The Morgan fingerprint density at radius 3 is 2.26 bits per heavy atom. The highest BCUT2D eigenvalue weighted by molar-refractivity contribution is 7.89. The van der Waals surface area contributed by atoms with E-state index in [1.165, 1.54) is 20.2 Å². The van der Waals surface area contributed by atoms with Gasteiger partial charge < -0.3 is 5.32 Å². The number of carbonyl (C=O) groups excluding carboxylic acids is 1. The minimum atomic E-state index is -3.56. The van der Waals surface area contributed by atoms with Crippen molar-refractivity contribution in [3.63, 3.8) is 0 Å². The van der Waals surface area contributed by atoms with Crippen LogP contribution >= 0.6 is 0 Å². The molecule has 0 saturated heterocycles. The molecule has 0 spiro atoms. The van der Waals surface area contributed by atoms with Crippen LogP contribution in [0, 0.1) is 13.8 Å². The van der Waals surface area contributed by atoms with E-state index in [4.69, 9.17) is 0 Å². The Morgan fingerprint density at radius 2 is 1.65 bits per heavy atom. The Kier molecular flexibility index (Phi) is 4.87. The minimum absolute atomic E-state index is 0.185. The molecule has 5 nitrogen and oxygen atoms in total. The van der Waals surface area contributed by atoms with Gasteiger partial charge >= 0.3 is 0 Å². The van der Waals surface area contributed by atoms with E-state index in [0.29, 0.717) is 16.8 Å². The number of amides is 1. The number of anilines is 1. The molecule has 0 radical (unpaired) electrons. The summed E-state index contributed by atoms with van der Waals surface area (Å²) in [5.41, 5.74) is 2.50. The van der Waals surface area contributed by atoms with E-state index < -0.39 is 10.0 Å². The van der Waals surface area contributed by atoms with Crippen LogP contribution in [0.1, 0.15) is 21.5 Å². The van der Waals surface area contributed by atoms with E-state index in [1.54, 1.807) is 31.2 Å². The number of sulfonamides is 1. The number of benzene rings is 2. The Hall–Kier alpha value is -2.18.